The Labute approximate surface area is 138 Å². The average molecular weight is 317 g/mol. The van der Waals surface area contributed by atoms with Gasteiger partial charge in [0.2, 0.25) is 0 Å². The summed E-state index contributed by atoms with van der Waals surface area (Å²) in [5.41, 5.74) is 7.65. The molecule has 5 heteroatoms. The van der Waals surface area contributed by atoms with Crippen LogP contribution in [0, 0.1) is 5.41 Å². The van der Waals surface area contributed by atoms with E-state index in [4.69, 9.17) is 15.2 Å². The minimum absolute atomic E-state index is 0.503. The van der Waals surface area contributed by atoms with Gasteiger partial charge in [-0.1, -0.05) is 18.9 Å². The minimum Gasteiger partial charge on any atom is -0.493 e. The summed E-state index contributed by atoms with van der Waals surface area (Å²) in [5, 5.41) is 3.44. The van der Waals surface area contributed by atoms with Crippen molar-refractivity contribution in [2.24, 2.45) is 16.1 Å². The van der Waals surface area contributed by atoms with E-state index in [0.29, 0.717) is 24.0 Å². The Balaban J connectivity index is 1.59. The van der Waals surface area contributed by atoms with Crippen molar-refractivity contribution in [2.45, 2.75) is 51.1 Å². The van der Waals surface area contributed by atoms with Crippen molar-refractivity contribution in [3.05, 3.63) is 23.8 Å². The second kappa shape index (κ2) is 6.69. The van der Waals surface area contributed by atoms with E-state index in [0.717, 1.165) is 17.1 Å². The predicted molar refractivity (Wildman–Crippen MR) is 91.9 cm³/mol. The fourth-order valence-electron chi connectivity index (χ4n) is 3.98. The van der Waals surface area contributed by atoms with E-state index in [2.05, 4.69) is 10.3 Å². The third kappa shape index (κ3) is 3.23. The smallest absolute Gasteiger partial charge is 0.189 e. The van der Waals surface area contributed by atoms with Gasteiger partial charge in [0, 0.05) is 6.04 Å². The molecule has 23 heavy (non-hydrogen) atoms. The molecule has 1 aromatic carbocycles. The number of ether oxygens (including phenoxy) is 2. The van der Waals surface area contributed by atoms with Gasteiger partial charge in [0.05, 0.1) is 20.8 Å². The zero-order chi connectivity index (χ0) is 16.3. The second-order valence-corrected chi connectivity index (χ2v) is 6.70. The summed E-state index contributed by atoms with van der Waals surface area (Å²) in [6.45, 7) is 0.541. The lowest BCUT2D eigenvalue weighted by molar-refractivity contribution is 0.0872. The molecule has 3 rings (SSSR count). The van der Waals surface area contributed by atoms with E-state index in [1.807, 2.05) is 18.2 Å². The van der Waals surface area contributed by atoms with Crippen LogP contribution < -0.4 is 20.5 Å². The lowest BCUT2D eigenvalue weighted by Gasteiger charge is -2.47. The highest BCUT2D eigenvalue weighted by atomic mass is 16.5. The maximum absolute atomic E-state index is 6.09. The molecule has 126 valence electrons. The second-order valence-electron chi connectivity index (χ2n) is 6.70. The molecule has 2 saturated carbocycles. The molecule has 0 amide bonds. The molecule has 5 nitrogen and oxygen atoms in total. The quantitative estimate of drug-likeness (QED) is 0.647. The standard InChI is InChI=1S/C18H27N3O2/c1-22-14-6-5-13(11-15(14)23-2)12-20-17(19)21-16-7-10-18(16)8-3-4-9-18/h5-6,11,16H,3-4,7-10,12H2,1-2H3,(H3,19,20,21). The van der Waals surface area contributed by atoms with Gasteiger partial charge in [0.25, 0.3) is 0 Å². The first-order valence-electron chi connectivity index (χ1n) is 8.44. The number of rotatable bonds is 5. The van der Waals surface area contributed by atoms with Gasteiger partial charge in [0.1, 0.15) is 0 Å². The molecule has 0 saturated heterocycles. The molecular weight excluding hydrogens is 290 g/mol. The van der Waals surface area contributed by atoms with Crippen molar-refractivity contribution >= 4 is 5.96 Å². The fourth-order valence-corrected chi connectivity index (χ4v) is 3.98. The van der Waals surface area contributed by atoms with Crippen LogP contribution in [0.25, 0.3) is 0 Å². The van der Waals surface area contributed by atoms with Crippen LogP contribution in [0.15, 0.2) is 23.2 Å². The number of nitrogens with one attached hydrogen (secondary N) is 1. The van der Waals surface area contributed by atoms with Crippen LogP contribution in [0.1, 0.15) is 44.1 Å². The summed E-state index contributed by atoms with van der Waals surface area (Å²) < 4.78 is 10.6. The lowest BCUT2D eigenvalue weighted by atomic mass is 9.63. The number of aliphatic imine (C=N–C) groups is 1. The van der Waals surface area contributed by atoms with Gasteiger partial charge >= 0.3 is 0 Å². The van der Waals surface area contributed by atoms with Crippen LogP contribution in [-0.4, -0.2) is 26.2 Å². The predicted octanol–water partition coefficient (Wildman–Crippen LogP) is 2.83. The van der Waals surface area contributed by atoms with Crippen LogP contribution >= 0.6 is 0 Å². The Kier molecular flexibility index (Phi) is 4.64. The van der Waals surface area contributed by atoms with Crippen molar-refractivity contribution in [3.63, 3.8) is 0 Å². The number of hydrogen-bond donors (Lipinski definition) is 2. The fraction of sp³-hybridized carbons (Fsp3) is 0.611. The Morgan fingerprint density at radius 1 is 1.22 bits per heavy atom. The largest absolute Gasteiger partial charge is 0.493 e. The Morgan fingerprint density at radius 3 is 2.57 bits per heavy atom. The number of guanidine groups is 1. The highest BCUT2D eigenvalue weighted by Crippen LogP contribution is 2.53. The van der Waals surface area contributed by atoms with E-state index in [1.165, 1.54) is 38.5 Å². The normalized spacial score (nSPS) is 22.7. The van der Waals surface area contributed by atoms with Crippen molar-refractivity contribution in [1.82, 2.24) is 5.32 Å². The van der Waals surface area contributed by atoms with Crippen molar-refractivity contribution < 1.29 is 9.47 Å². The van der Waals surface area contributed by atoms with E-state index in [9.17, 15) is 0 Å². The first-order chi connectivity index (χ1) is 11.2. The monoisotopic (exact) mass is 317 g/mol. The number of methoxy groups -OCH3 is 2. The zero-order valence-corrected chi connectivity index (χ0v) is 14.1. The molecule has 2 fully saturated rings. The molecule has 0 bridgehead atoms. The van der Waals surface area contributed by atoms with E-state index in [1.54, 1.807) is 14.2 Å². The van der Waals surface area contributed by atoms with Crippen LogP contribution in [0.2, 0.25) is 0 Å². The lowest BCUT2D eigenvalue weighted by Crippen LogP contribution is -2.55. The Morgan fingerprint density at radius 2 is 1.96 bits per heavy atom. The van der Waals surface area contributed by atoms with Crippen LogP contribution in [0.3, 0.4) is 0 Å². The molecule has 0 radical (unpaired) electrons. The average Bonchev–Trinajstić information content (AvgIpc) is 3.09. The molecule has 1 aromatic rings. The molecule has 0 heterocycles. The highest BCUT2D eigenvalue weighted by Gasteiger charge is 2.48. The van der Waals surface area contributed by atoms with Gasteiger partial charge in [-0.2, -0.15) is 0 Å². The molecule has 2 aliphatic rings. The number of hydrogen-bond acceptors (Lipinski definition) is 3. The summed E-state index contributed by atoms with van der Waals surface area (Å²) in [6.07, 6.45) is 7.96. The molecule has 1 unspecified atom stereocenters. The minimum atomic E-state index is 0.503. The first-order valence-corrected chi connectivity index (χ1v) is 8.44. The van der Waals surface area contributed by atoms with Gasteiger partial charge in [-0.3, -0.25) is 0 Å². The third-order valence-electron chi connectivity index (χ3n) is 5.47. The molecule has 1 spiro atoms. The molecule has 3 N–H and O–H groups in total. The van der Waals surface area contributed by atoms with Crippen molar-refractivity contribution in [2.75, 3.05) is 14.2 Å². The Hall–Kier alpha value is -1.91. The topological polar surface area (TPSA) is 68.9 Å². The SMILES string of the molecule is COc1ccc(CN=C(N)NC2CCC23CCCC3)cc1OC. The van der Waals surface area contributed by atoms with E-state index in [-0.39, 0.29) is 0 Å². The molecule has 0 aromatic heterocycles. The van der Waals surface area contributed by atoms with Crippen LogP contribution in [0.4, 0.5) is 0 Å². The van der Waals surface area contributed by atoms with Gasteiger partial charge < -0.3 is 20.5 Å². The number of benzene rings is 1. The molecular formula is C18H27N3O2. The third-order valence-corrected chi connectivity index (χ3v) is 5.47. The van der Waals surface area contributed by atoms with Crippen LogP contribution in [0.5, 0.6) is 11.5 Å². The van der Waals surface area contributed by atoms with Crippen molar-refractivity contribution in [1.29, 1.82) is 0 Å². The number of nitrogens with zero attached hydrogens (tertiary/aromatic N) is 1. The first kappa shape index (κ1) is 16.0. The van der Waals surface area contributed by atoms with Gasteiger partial charge in [-0.25, -0.2) is 4.99 Å². The summed E-state index contributed by atoms with van der Waals surface area (Å²) in [4.78, 5) is 4.49. The Bertz CT molecular complexity index is 580. The summed E-state index contributed by atoms with van der Waals surface area (Å²) in [6, 6.07) is 6.34. The number of nitrogens with two attached hydrogens (primary N) is 1. The highest BCUT2D eigenvalue weighted by molar-refractivity contribution is 5.78. The summed E-state index contributed by atoms with van der Waals surface area (Å²) in [5.74, 6) is 2.00. The molecule has 0 aliphatic heterocycles. The molecule has 1 atom stereocenters. The maximum atomic E-state index is 6.09. The van der Waals surface area contributed by atoms with Gasteiger partial charge in [0.15, 0.2) is 17.5 Å². The van der Waals surface area contributed by atoms with E-state index < -0.39 is 0 Å². The summed E-state index contributed by atoms with van der Waals surface area (Å²) in [7, 11) is 3.27. The van der Waals surface area contributed by atoms with Gasteiger partial charge in [-0.15, -0.1) is 0 Å². The van der Waals surface area contributed by atoms with Gasteiger partial charge in [-0.05, 0) is 48.8 Å². The zero-order valence-electron chi connectivity index (χ0n) is 14.1. The van der Waals surface area contributed by atoms with Crippen molar-refractivity contribution in [3.8, 4) is 11.5 Å². The molecule has 2 aliphatic carbocycles. The van der Waals surface area contributed by atoms with Crippen LogP contribution in [-0.2, 0) is 6.54 Å². The summed E-state index contributed by atoms with van der Waals surface area (Å²) >= 11 is 0. The maximum Gasteiger partial charge on any atom is 0.189 e. The van der Waals surface area contributed by atoms with E-state index >= 15 is 0 Å².